The Labute approximate surface area is 175 Å². The molecule has 152 valence electrons. The quantitative estimate of drug-likeness (QED) is 0.521. The first-order valence-corrected chi connectivity index (χ1v) is 10.3. The number of hydrogen-bond acceptors (Lipinski definition) is 2. The molecule has 3 nitrogen and oxygen atoms in total. The highest BCUT2D eigenvalue weighted by Gasteiger charge is 2.06. The van der Waals surface area contributed by atoms with Crippen LogP contribution in [0, 0.1) is 20.8 Å². The molecule has 0 fully saturated rings. The van der Waals surface area contributed by atoms with Crippen molar-refractivity contribution < 1.29 is 0 Å². The van der Waals surface area contributed by atoms with Crippen LogP contribution in [0.2, 0.25) is 0 Å². The van der Waals surface area contributed by atoms with Crippen LogP contribution in [0.4, 0.5) is 0 Å². The maximum absolute atomic E-state index is 4.83. The van der Waals surface area contributed by atoms with E-state index in [9.17, 15) is 0 Å². The van der Waals surface area contributed by atoms with Gasteiger partial charge < -0.3 is 4.57 Å². The van der Waals surface area contributed by atoms with E-state index in [0.717, 1.165) is 35.3 Å². The first kappa shape index (κ1) is 22.4. The summed E-state index contributed by atoms with van der Waals surface area (Å²) in [4.78, 5) is 9.42. The molecule has 1 heterocycles. The molecule has 0 aliphatic carbocycles. The van der Waals surface area contributed by atoms with Crippen molar-refractivity contribution in [2.24, 2.45) is 12.0 Å². The molecule has 29 heavy (non-hydrogen) atoms. The van der Waals surface area contributed by atoms with Gasteiger partial charge in [0.05, 0.1) is 0 Å². The first-order valence-electron chi connectivity index (χ1n) is 10.3. The minimum atomic E-state index is 0.824. The Bertz CT molecular complexity index is 1020. The summed E-state index contributed by atoms with van der Waals surface area (Å²) in [6, 6.07) is 15.0. The number of benzene rings is 2. The summed E-state index contributed by atoms with van der Waals surface area (Å²) < 4.78 is 2.01. The largest absolute Gasteiger partial charge is 0.333 e. The Morgan fingerprint density at radius 1 is 1.00 bits per heavy atom. The minimum Gasteiger partial charge on any atom is -0.333 e. The molecule has 0 radical (unpaired) electrons. The molecule has 0 saturated heterocycles. The van der Waals surface area contributed by atoms with E-state index in [4.69, 9.17) is 4.99 Å². The van der Waals surface area contributed by atoms with Crippen molar-refractivity contribution in [2.75, 3.05) is 0 Å². The van der Waals surface area contributed by atoms with Gasteiger partial charge in [-0.3, -0.25) is 4.98 Å². The van der Waals surface area contributed by atoms with Crippen molar-refractivity contribution in [3.05, 3.63) is 94.9 Å². The SMILES string of the molecule is C=C(CCc1cc(C)cc(C)c1)N=c1c(-c2cccc(C)c2)nccn1C.CC. The van der Waals surface area contributed by atoms with Gasteiger partial charge in [0, 0.05) is 30.7 Å². The first-order chi connectivity index (χ1) is 13.9. The maximum Gasteiger partial charge on any atom is 0.159 e. The summed E-state index contributed by atoms with van der Waals surface area (Å²) in [5, 5.41) is 0. The van der Waals surface area contributed by atoms with E-state index < -0.39 is 0 Å². The van der Waals surface area contributed by atoms with E-state index >= 15 is 0 Å². The van der Waals surface area contributed by atoms with Crippen LogP contribution in [0.5, 0.6) is 0 Å². The molecule has 0 aliphatic heterocycles. The number of aromatic nitrogens is 2. The van der Waals surface area contributed by atoms with Crippen molar-refractivity contribution in [1.29, 1.82) is 0 Å². The molecule has 0 unspecified atom stereocenters. The van der Waals surface area contributed by atoms with Crippen LogP contribution >= 0.6 is 0 Å². The van der Waals surface area contributed by atoms with Crippen LogP contribution in [0.3, 0.4) is 0 Å². The second-order valence-corrected chi connectivity index (χ2v) is 7.25. The summed E-state index contributed by atoms with van der Waals surface area (Å²) in [7, 11) is 2.00. The molecular weight excluding hydrogens is 354 g/mol. The molecule has 3 rings (SSSR count). The Kier molecular flexibility index (Phi) is 8.14. The highest BCUT2D eigenvalue weighted by molar-refractivity contribution is 5.58. The van der Waals surface area contributed by atoms with Gasteiger partial charge in [0.2, 0.25) is 0 Å². The van der Waals surface area contributed by atoms with Crippen LogP contribution in [-0.4, -0.2) is 9.55 Å². The third kappa shape index (κ3) is 6.28. The average molecular weight is 388 g/mol. The van der Waals surface area contributed by atoms with Gasteiger partial charge in [0.25, 0.3) is 0 Å². The number of allylic oxidation sites excluding steroid dienone is 1. The van der Waals surface area contributed by atoms with Crippen LogP contribution < -0.4 is 5.49 Å². The second-order valence-electron chi connectivity index (χ2n) is 7.25. The predicted octanol–water partition coefficient (Wildman–Crippen LogP) is 6.09. The summed E-state index contributed by atoms with van der Waals surface area (Å²) in [6.07, 6.45) is 5.50. The molecule has 0 spiro atoms. The molecule has 0 aliphatic rings. The lowest BCUT2D eigenvalue weighted by molar-refractivity contribution is 0.799. The second kappa shape index (κ2) is 10.6. The van der Waals surface area contributed by atoms with Crippen molar-refractivity contribution >= 4 is 0 Å². The van der Waals surface area contributed by atoms with Gasteiger partial charge in [-0.05, 0) is 45.2 Å². The number of rotatable bonds is 5. The fourth-order valence-electron chi connectivity index (χ4n) is 3.34. The zero-order chi connectivity index (χ0) is 21.4. The Hall–Kier alpha value is -2.94. The number of nitrogens with zero attached hydrogens (tertiary/aromatic N) is 3. The minimum absolute atomic E-state index is 0.824. The summed E-state index contributed by atoms with van der Waals surface area (Å²) in [5.74, 6) is 0. The molecule has 0 amide bonds. The molecule has 2 aromatic carbocycles. The van der Waals surface area contributed by atoms with Crippen molar-refractivity contribution in [3.8, 4) is 11.3 Å². The van der Waals surface area contributed by atoms with Gasteiger partial charge in [-0.25, -0.2) is 4.99 Å². The number of aryl methyl sites for hydroxylation is 5. The Morgan fingerprint density at radius 2 is 1.69 bits per heavy atom. The zero-order valence-electron chi connectivity index (χ0n) is 18.7. The normalized spacial score (nSPS) is 11.0. The van der Waals surface area contributed by atoms with E-state index in [1.165, 1.54) is 22.3 Å². The third-order valence-corrected chi connectivity index (χ3v) is 4.58. The van der Waals surface area contributed by atoms with Crippen LogP contribution in [-0.2, 0) is 13.5 Å². The monoisotopic (exact) mass is 387 g/mol. The van der Waals surface area contributed by atoms with E-state index in [-0.39, 0.29) is 0 Å². The predicted molar refractivity (Wildman–Crippen MR) is 124 cm³/mol. The standard InChI is InChI=1S/C24H27N3.C2H6/c1-17-7-6-8-22(16-17)23-24(27(5)12-11-25-23)26-20(4)9-10-21-14-18(2)13-19(3)15-21;1-2/h6-8,11-16H,4,9-10H2,1-3,5H3;1-2H3. The third-order valence-electron chi connectivity index (χ3n) is 4.58. The zero-order valence-corrected chi connectivity index (χ0v) is 18.7. The van der Waals surface area contributed by atoms with Gasteiger partial charge in [-0.15, -0.1) is 0 Å². The van der Waals surface area contributed by atoms with Gasteiger partial charge >= 0.3 is 0 Å². The van der Waals surface area contributed by atoms with E-state index in [1.807, 2.05) is 37.9 Å². The molecule has 0 N–H and O–H groups in total. The van der Waals surface area contributed by atoms with E-state index in [1.54, 1.807) is 0 Å². The summed E-state index contributed by atoms with van der Waals surface area (Å²) >= 11 is 0. The lowest BCUT2D eigenvalue weighted by Crippen LogP contribution is -2.21. The van der Waals surface area contributed by atoms with Crippen molar-refractivity contribution in [3.63, 3.8) is 0 Å². The van der Waals surface area contributed by atoms with E-state index in [2.05, 4.69) is 74.8 Å². The highest BCUT2D eigenvalue weighted by Crippen LogP contribution is 2.16. The molecular formula is C26H33N3. The van der Waals surface area contributed by atoms with Crippen LogP contribution in [0.15, 0.2) is 72.1 Å². The van der Waals surface area contributed by atoms with E-state index in [0.29, 0.717) is 0 Å². The topological polar surface area (TPSA) is 30.2 Å². The van der Waals surface area contributed by atoms with Gasteiger partial charge in [0.1, 0.15) is 5.69 Å². The molecule has 0 atom stereocenters. The van der Waals surface area contributed by atoms with Crippen LogP contribution in [0.25, 0.3) is 11.3 Å². The molecule has 3 heteroatoms. The van der Waals surface area contributed by atoms with Crippen molar-refractivity contribution in [1.82, 2.24) is 9.55 Å². The average Bonchev–Trinajstić information content (AvgIpc) is 2.69. The Balaban J connectivity index is 0.00000145. The van der Waals surface area contributed by atoms with Gasteiger partial charge in [0.15, 0.2) is 5.49 Å². The lowest BCUT2D eigenvalue weighted by Gasteiger charge is -2.08. The number of hydrogen-bond donors (Lipinski definition) is 0. The molecule has 0 bridgehead atoms. The summed E-state index contributed by atoms with van der Waals surface area (Å²) in [5.41, 5.74) is 8.81. The van der Waals surface area contributed by atoms with Crippen molar-refractivity contribution in [2.45, 2.75) is 47.5 Å². The lowest BCUT2D eigenvalue weighted by atomic mass is 10.0. The molecule has 1 aromatic heterocycles. The fourth-order valence-corrected chi connectivity index (χ4v) is 3.34. The smallest absolute Gasteiger partial charge is 0.159 e. The van der Waals surface area contributed by atoms with Crippen LogP contribution in [0.1, 0.15) is 42.5 Å². The highest BCUT2D eigenvalue weighted by atomic mass is 15.0. The molecule has 0 saturated carbocycles. The fraction of sp³-hybridized carbons (Fsp3) is 0.308. The summed E-state index contributed by atoms with van der Waals surface area (Å²) in [6.45, 7) is 14.6. The maximum atomic E-state index is 4.83. The Morgan fingerprint density at radius 3 is 2.34 bits per heavy atom. The van der Waals surface area contributed by atoms with Gasteiger partial charge in [-0.1, -0.05) is 73.5 Å². The molecule has 3 aromatic rings. The van der Waals surface area contributed by atoms with Gasteiger partial charge in [-0.2, -0.15) is 0 Å².